The van der Waals surface area contributed by atoms with Crippen molar-refractivity contribution >= 4 is 65.3 Å². The van der Waals surface area contributed by atoms with Crippen molar-refractivity contribution in [2.45, 2.75) is 37.9 Å². The Morgan fingerprint density at radius 2 is 1.24 bits per heavy atom. The summed E-state index contributed by atoms with van der Waals surface area (Å²) < 4.78 is 38.1. The van der Waals surface area contributed by atoms with Gasteiger partial charge in [-0.1, -0.05) is 49.3 Å². The van der Waals surface area contributed by atoms with E-state index in [1.165, 1.54) is 21.6 Å². The average Bonchev–Trinajstić information content (AvgIpc) is 2.51. The molecule has 0 spiro atoms. The van der Waals surface area contributed by atoms with Gasteiger partial charge in [0.05, 0.1) is 6.10 Å². The summed E-state index contributed by atoms with van der Waals surface area (Å²) >= 11 is -3.44. The van der Waals surface area contributed by atoms with Crippen LogP contribution in [-0.2, 0) is 22.2 Å². The maximum absolute atomic E-state index is 11.8. The molecule has 0 saturated carbocycles. The third kappa shape index (κ3) is 22.7. The number of hydrogen-bond donors (Lipinski definition) is 3. The summed E-state index contributed by atoms with van der Waals surface area (Å²) in [5.41, 5.74) is 0. The molecule has 0 aromatic heterocycles. The zero-order chi connectivity index (χ0) is 18.2. The van der Waals surface area contributed by atoms with Gasteiger partial charge in [0.25, 0.3) is 0 Å². The van der Waals surface area contributed by atoms with E-state index < -0.39 is 34.4 Å². The van der Waals surface area contributed by atoms with E-state index in [2.05, 4.69) is 0 Å². The molecule has 0 aromatic carbocycles. The first kappa shape index (κ1) is 29.7. The van der Waals surface area contributed by atoms with Gasteiger partial charge < -0.3 is 19.3 Å². The summed E-state index contributed by atoms with van der Waals surface area (Å²) in [7, 11) is 6.03. The summed E-state index contributed by atoms with van der Waals surface area (Å²) in [4.78, 5) is 0. The van der Waals surface area contributed by atoms with E-state index in [-0.39, 0.29) is 29.6 Å². The molecule has 0 aromatic rings. The summed E-state index contributed by atoms with van der Waals surface area (Å²) in [6.07, 6.45) is 1.19. The molecule has 0 saturated heterocycles. The number of aliphatic hydroxyl groups excluding tert-OH is 1. The topological polar surface area (TPSA) is 118 Å². The third-order valence-electron chi connectivity index (χ3n) is 2.66. The first-order valence-corrected chi connectivity index (χ1v) is 14.9. The normalized spacial score (nSPS) is 16.0. The Bertz CT molecular complexity index is 322. The van der Waals surface area contributed by atoms with Crippen molar-refractivity contribution in [2.24, 2.45) is 0 Å². The molecule has 0 rings (SSSR count). The van der Waals surface area contributed by atoms with Crippen molar-refractivity contribution in [3.8, 4) is 0 Å². The van der Waals surface area contributed by atoms with Gasteiger partial charge in [-0.2, -0.15) is 0 Å². The molecule has 25 heavy (non-hydrogen) atoms. The first-order valence-electron chi connectivity index (χ1n) is 7.41. The Morgan fingerprint density at radius 1 is 0.800 bits per heavy atom. The van der Waals surface area contributed by atoms with Gasteiger partial charge in [-0.3, -0.25) is 0 Å². The van der Waals surface area contributed by atoms with Crippen molar-refractivity contribution in [3.05, 3.63) is 0 Å². The van der Waals surface area contributed by atoms with Gasteiger partial charge in [0.15, 0.2) is 22.2 Å². The first-order chi connectivity index (χ1) is 11.4. The van der Waals surface area contributed by atoms with Crippen LogP contribution >= 0.6 is 43.2 Å². The van der Waals surface area contributed by atoms with E-state index in [4.69, 9.17) is 9.11 Å². The van der Waals surface area contributed by atoms with Crippen molar-refractivity contribution in [1.29, 1.82) is 0 Å². The average molecular weight is 481 g/mol. The molecular formula is C12H25NaO6S6. The predicted molar refractivity (Wildman–Crippen MR) is 109 cm³/mol. The molecule has 0 aliphatic rings. The van der Waals surface area contributed by atoms with Gasteiger partial charge in [-0.25, -0.2) is 8.42 Å². The molecule has 13 heteroatoms. The SMILES string of the molecule is O=S(O)CCCCSSCC([O-])C(O)CSSCCCCS(=O)O.[Na+]. The fraction of sp³-hybridized carbons (Fsp3) is 1.00. The molecule has 0 radical (unpaired) electrons. The van der Waals surface area contributed by atoms with Crippen LogP contribution in [0.25, 0.3) is 0 Å². The molecule has 146 valence electrons. The van der Waals surface area contributed by atoms with Gasteiger partial charge in [0, 0.05) is 28.8 Å². The molecule has 0 aliphatic heterocycles. The minimum Gasteiger partial charge on any atom is -0.849 e. The third-order valence-corrected chi connectivity index (χ3v) is 8.94. The van der Waals surface area contributed by atoms with Gasteiger partial charge in [0.2, 0.25) is 0 Å². The van der Waals surface area contributed by atoms with Crippen LogP contribution in [0, 0.1) is 0 Å². The van der Waals surface area contributed by atoms with Gasteiger partial charge in [0.1, 0.15) is 0 Å². The van der Waals surface area contributed by atoms with Crippen molar-refractivity contribution in [1.82, 2.24) is 0 Å². The molecule has 4 unspecified atom stereocenters. The van der Waals surface area contributed by atoms with Crippen LogP contribution in [-0.4, -0.2) is 69.4 Å². The standard InChI is InChI=1S/C12H25O6S6.Na/c13-11(9-21-19-5-1-3-7-23(15)16)12(14)10-22-20-6-2-4-8-24(17)18;/h11-13H,1-10H2,(H,15,16)(H,17,18);/q-1;+1. The molecule has 4 atom stereocenters. The zero-order valence-electron chi connectivity index (χ0n) is 14.2. The quantitative estimate of drug-likeness (QED) is 0.102. The molecule has 0 amide bonds. The van der Waals surface area contributed by atoms with Gasteiger partial charge in [-0.15, -0.1) is 0 Å². The summed E-state index contributed by atoms with van der Waals surface area (Å²) in [5, 5.41) is 21.6. The number of unbranched alkanes of at least 4 members (excludes halogenated alkanes) is 2. The minimum absolute atomic E-state index is 0. The molecule has 0 bridgehead atoms. The molecule has 3 N–H and O–H groups in total. The van der Waals surface area contributed by atoms with Crippen molar-refractivity contribution < 1.29 is 57.3 Å². The van der Waals surface area contributed by atoms with Crippen LogP contribution in [0.1, 0.15) is 25.7 Å². The van der Waals surface area contributed by atoms with Crippen LogP contribution < -0.4 is 34.7 Å². The van der Waals surface area contributed by atoms with E-state index in [0.717, 1.165) is 24.3 Å². The van der Waals surface area contributed by atoms with Crippen LogP contribution in [0.5, 0.6) is 0 Å². The van der Waals surface area contributed by atoms with E-state index in [9.17, 15) is 18.6 Å². The Balaban J connectivity index is 0. The van der Waals surface area contributed by atoms with Gasteiger partial charge in [-0.05, 0) is 31.4 Å². The molecular weight excluding hydrogens is 456 g/mol. The monoisotopic (exact) mass is 480 g/mol. The fourth-order valence-corrected chi connectivity index (χ4v) is 6.84. The number of aliphatic hydroxyl groups is 1. The number of rotatable bonds is 17. The summed E-state index contributed by atoms with van der Waals surface area (Å²) in [6, 6.07) is 0. The summed E-state index contributed by atoms with van der Waals surface area (Å²) in [6.45, 7) is 0. The van der Waals surface area contributed by atoms with Crippen LogP contribution in [0.15, 0.2) is 0 Å². The van der Waals surface area contributed by atoms with Crippen LogP contribution in [0.4, 0.5) is 0 Å². The molecule has 0 aliphatic carbocycles. The predicted octanol–water partition coefficient (Wildman–Crippen LogP) is -1.15. The van der Waals surface area contributed by atoms with Gasteiger partial charge >= 0.3 is 29.6 Å². The second-order valence-corrected chi connectivity index (χ2v) is 12.1. The maximum atomic E-state index is 11.8. The summed E-state index contributed by atoms with van der Waals surface area (Å²) in [5.74, 6) is 2.98. The molecule has 6 nitrogen and oxygen atoms in total. The van der Waals surface area contributed by atoms with E-state index in [0.29, 0.717) is 35.9 Å². The molecule has 0 heterocycles. The van der Waals surface area contributed by atoms with Crippen LogP contribution in [0.2, 0.25) is 0 Å². The van der Waals surface area contributed by atoms with Crippen molar-refractivity contribution in [3.63, 3.8) is 0 Å². The Morgan fingerprint density at radius 3 is 1.68 bits per heavy atom. The van der Waals surface area contributed by atoms with Crippen LogP contribution in [0.3, 0.4) is 0 Å². The van der Waals surface area contributed by atoms with Crippen molar-refractivity contribution in [2.75, 3.05) is 34.5 Å². The maximum Gasteiger partial charge on any atom is 1.00 e. The Kier molecular flexibility index (Phi) is 25.3. The fourth-order valence-electron chi connectivity index (χ4n) is 1.34. The largest absolute Gasteiger partial charge is 1.00 e. The Hall–Kier alpha value is 2.54. The van der Waals surface area contributed by atoms with E-state index >= 15 is 0 Å². The van der Waals surface area contributed by atoms with E-state index in [1.807, 2.05) is 0 Å². The number of hydrogen-bond acceptors (Lipinski definition) is 8. The van der Waals surface area contributed by atoms with E-state index in [1.54, 1.807) is 21.6 Å². The second-order valence-electron chi connectivity index (χ2n) is 4.78. The minimum atomic E-state index is -1.72. The smallest absolute Gasteiger partial charge is 0.849 e. The Labute approximate surface area is 193 Å². The zero-order valence-corrected chi connectivity index (χ0v) is 21.1. The second kappa shape index (κ2) is 21.3. The molecule has 0 fully saturated rings.